The summed E-state index contributed by atoms with van der Waals surface area (Å²) in [5.74, 6) is 0.591. The maximum absolute atomic E-state index is 11.8. The van der Waals surface area contributed by atoms with Crippen LogP contribution in [0.5, 0.6) is 0 Å². The zero-order valence-electron chi connectivity index (χ0n) is 9.37. The van der Waals surface area contributed by atoms with Gasteiger partial charge in [0.2, 0.25) is 21.5 Å². The van der Waals surface area contributed by atoms with E-state index in [-0.39, 0.29) is 22.9 Å². The Labute approximate surface area is 102 Å². The minimum Gasteiger partial charge on any atom is -0.338 e. The maximum Gasteiger partial charge on any atom is 0.247 e. The van der Waals surface area contributed by atoms with Crippen molar-refractivity contribution >= 4 is 10.0 Å². The third kappa shape index (κ3) is 2.81. The Morgan fingerprint density at radius 1 is 1.44 bits per heavy atom. The number of aromatic nitrogens is 3. The monoisotopic (exact) mass is 270 g/mol. The van der Waals surface area contributed by atoms with Gasteiger partial charge in [0.15, 0.2) is 5.82 Å². The van der Waals surface area contributed by atoms with Gasteiger partial charge in [0, 0.05) is 12.3 Å². The van der Waals surface area contributed by atoms with Crippen molar-refractivity contribution in [2.75, 3.05) is 0 Å². The summed E-state index contributed by atoms with van der Waals surface area (Å²) >= 11 is 0. The van der Waals surface area contributed by atoms with E-state index in [2.05, 4.69) is 19.8 Å². The molecule has 9 heteroatoms. The first kappa shape index (κ1) is 12.5. The highest BCUT2D eigenvalue weighted by Gasteiger charge is 2.15. The van der Waals surface area contributed by atoms with Crippen molar-refractivity contribution in [1.29, 1.82) is 0 Å². The molecule has 0 saturated carbocycles. The summed E-state index contributed by atoms with van der Waals surface area (Å²) in [5, 5.41) is 3.53. The molecule has 0 aliphatic heterocycles. The quantitative estimate of drug-likeness (QED) is 0.776. The van der Waals surface area contributed by atoms with Crippen LogP contribution in [0, 0.1) is 6.92 Å². The molecule has 0 atom stereocenters. The maximum atomic E-state index is 11.8. The van der Waals surface area contributed by atoms with E-state index in [1.54, 1.807) is 6.92 Å². The Hall–Kier alpha value is -2.00. The van der Waals surface area contributed by atoms with Crippen molar-refractivity contribution in [2.45, 2.75) is 18.4 Å². The van der Waals surface area contributed by atoms with Gasteiger partial charge in [0.1, 0.15) is 0 Å². The number of sulfonamides is 1. The van der Waals surface area contributed by atoms with Gasteiger partial charge in [-0.1, -0.05) is 5.16 Å². The summed E-state index contributed by atoms with van der Waals surface area (Å²) < 4.78 is 30.6. The minimum atomic E-state index is -3.71. The second-order valence-corrected chi connectivity index (χ2v) is 5.22. The summed E-state index contributed by atoms with van der Waals surface area (Å²) in [6.07, 6.45) is 1.11. The molecule has 2 aromatic heterocycles. The molecule has 0 saturated heterocycles. The van der Waals surface area contributed by atoms with E-state index < -0.39 is 10.0 Å². The lowest BCUT2D eigenvalue weighted by Crippen LogP contribution is -2.24. The van der Waals surface area contributed by atoms with Crippen LogP contribution in [-0.4, -0.2) is 23.5 Å². The molecular weight excluding hydrogens is 260 g/mol. The Morgan fingerprint density at radius 3 is 2.78 bits per heavy atom. The molecule has 2 rings (SSSR count). The molecule has 96 valence electrons. The highest BCUT2D eigenvalue weighted by Crippen LogP contribution is 2.05. The lowest BCUT2D eigenvalue weighted by molar-refractivity contribution is 0.372. The van der Waals surface area contributed by atoms with Crippen LogP contribution >= 0.6 is 0 Å². The van der Waals surface area contributed by atoms with Crippen LogP contribution in [-0.2, 0) is 16.6 Å². The zero-order chi connectivity index (χ0) is 13.2. The van der Waals surface area contributed by atoms with Crippen molar-refractivity contribution in [3.8, 4) is 0 Å². The Kier molecular flexibility index (Phi) is 3.26. The van der Waals surface area contributed by atoms with Gasteiger partial charge < -0.3 is 9.51 Å². The molecule has 0 amide bonds. The van der Waals surface area contributed by atoms with Gasteiger partial charge in [-0.05, 0) is 13.0 Å². The summed E-state index contributed by atoms with van der Waals surface area (Å²) in [5.41, 5.74) is -0.374. The van der Waals surface area contributed by atoms with Gasteiger partial charge in [0.25, 0.3) is 0 Å². The SMILES string of the molecule is Cc1noc(CNS(=O)(=O)c2ccc(=O)[nH]c2)n1. The molecule has 0 unspecified atom stereocenters. The molecular formula is C9H10N4O4S. The van der Waals surface area contributed by atoms with Crippen molar-refractivity contribution in [3.05, 3.63) is 40.4 Å². The largest absolute Gasteiger partial charge is 0.338 e. The minimum absolute atomic E-state index is 0.0432. The number of nitrogens with one attached hydrogen (secondary N) is 2. The Balaban J connectivity index is 2.12. The van der Waals surface area contributed by atoms with Crippen LogP contribution in [0.3, 0.4) is 0 Å². The van der Waals surface area contributed by atoms with Crippen LogP contribution in [0.4, 0.5) is 0 Å². The fourth-order valence-electron chi connectivity index (χ4n) is 1.22. The predicted octanol–water partition coefficient (Wildman–Crippen LogP) is -0.455. The average molecular weight is 270 g/mol. The molecule has 0 aliphatic rings. The van der Waals surface area contributed by atoms with Crippen LogP contribution in [0.2, 0.25) is 0 Å². The van der Waals surface area contributed by atoms with Gasteiger partial charge in [0.05, 0.1) is 11.4 Å². The Morgan fingerprint density at radius 2 is 2.22 bits per heavy atom. The van der Waals surface area contributed by atoms with E-state index in [1.807, 2.05) is 0 Å². The van der Waals surface area contributed by atoms with Gasteiger partial charge in [-0.3, -0.25) is 4.79 Å². The van der Waals surface area contributed by atoms with Crippen LogP contribution in [0.15, 0.2) is 32.5 Å². The number of rotatable bonds is 4. The fourth-order valence-corrected chi connectivity index (χ4v) is 2.16. The highest BCUT2D eigenvalue weighted by atomic mass is 32.2. The molecule has 0 fully saturated rings. The lowest BCUT2D eigenvalue weighted by Gasteiger charge is -2.03. The highest BCUT2D eigenvalue weighted by molar-refractivity contribution is 7.89. The van der Waals surface area contributed by atoms with Gasteiger partial charge in [-0.2, -0.15) is 4.98 Å². The first-order chi connectivity index (χ1) is 8.47. The van der Waals surface area contributed by atoms with Gasteiger partial charge in [-0.25, -0.2) is 13.1 Å². The normalized spacial score (nSPS) is 11.6. The topological polar surface area (TPSA) is 118 Å². The van der Waals surface area contributed by atoms with Crippen molar-refractivity contribution in [3.63, 3.8) is 0 Å². The van der Waals surface area contributed by atoms with Crippen LogP contribution < -0.4 is 10.3 Å². The molecule has 0 aromatic carbocycles. The zero-order valence-corrected chi connectivity index (χ0v) is 10.2. The first-order valence-corrected chi connectivity index (χ1v) is 6.43. The number of nitrogens with zero attached hydrogens (tertiary/aromatic N) is 2. The van der Waals surface area contributed by atoms with Crippen LogP contribution in [0.1, 0.15) is 11.7 Å². The average Bonchev–Trinajstić information content (AvgIpc) is 2.73. The van der Waals surface area contributed by atoms with E-state index in [1.165, 1.54) is 6.07 Å². The van der Waals surface area contributed by atoms with Gasteiger partial charge >= 0.3 is 0 Å². The van der Waals surface area contributed by atoms with E-state index in [0.29, 0.717) is 5.82 Å². The summed E-state index contributed by atoms with van der Waals surface area (Å²) in [6.45, 7) is 1.52. The third-order valence-corrected chi connectivity index (χ3v) is 3.45. The molecule has 0 radical (unpaired) electrons. The first-order valence-electron chi connectivity index (χ1n) is 4.95. The van der Waals surface area contributed by atoms with E-state index in [4.69, 9.17) is 4.52 Å². The summed E-state index contributed by atoms with van der Waals surface area (Å²) in [6, 6.07) is 2.34. The molecule has 2 N–H and O–H groups in total. The lowest BCUT2D eigenvalue weighted by atomic mass is 10.5. The molecule has 18 heavy (non-hydrogen) atoms. The number of hydrogen-bond acceptors (Lipinski definition) is 6. The second-order valence-electron chi connectivity index (χ2n) is 3.45. The standard InChI is InChI=1S/C9H10N4O4S/c1-6-12-9(17-13-6)5-11-18(15,16)7-2-3-8(14)10-4-7/h2-4,11H,5H2,1H3,(H,10,14). The number of pyridine rings is 1. The number of aryl methyl sites for hydroxylation is 1. The molecule has 0 bridgehead atoms. The molecule has 0 spiro atoms. The van der Waals surface area contributed by atoms with Crippen molar-refractivity contribution < 1.29 is 12.9 Å². The number of aromatic amines is 1. The molecule has 8 nitrogen and oxygen atoms in total. The number of hydrogen-bond donors (Lipinski definition) is 2. The van der Waals surface area contributed by atoms with E-state index in [9.17, 15) is 13.2 Å². The van der Waals surface area contributed by atoms with Crippen LogP contribution in [0.25, 0.3) is 0 Å². The van der Waals surface area contributed by atoms with Crippen molar-refractivity contribution in [2.24, 2.45) is 0 Å². The summed E-state index contributed by atoms with van der Waals surface area (Å²) in [7, 11) is -3.71. The molecule has 0 aliphatic carbocycles. The molecule has 2 aromatic rings. The molecule has 2 heterocycles. The summed E-state index contributed by atoms with van der Waals surface area (Å²) in [4.78, 5) is 16.9. The van der Waals surface area contributed by atoms with Crippen molar-refractivity contribution in [1.82, 2.24) is 19.8 Å². The van der Waals surface area contributed by atoms with Gasteiger partial charge in [-0.15, -0.1) is 0 Å². The third-order valence-electron chi connectivity index (χ3n) is 2.05. The Bertz CT molecular complexity index is 683. The predicted molar refractivity (Wildman–Crippen MR) is 60.1 cm³/mol. The number of H-pyrrole nitrogens is 1. The van der Waals surface area contributed by atoms with E-state index in [0.717, 1.165) is 12.3 Å². The van der Waals surface area contributed by atoms with E-state index >= 15 is 0 Å². The fraction of sp³-hybridized carbons (Fsp3) is 0.222. The smallest absolute Gasteiger partial charge is 0.247 e. The second kappa shape index (κ2) is 4.70.